The lowest BCUT2D eigenvalue weighted by molar-refractivity contribution is -0.237. The zero-order valence-corrected chi connectivity index (χ0v) is 24.0. The molecule has 8 nitrogen and oxygen atoms in total. The monoisotopic (exact) mass is 590 g/mol. The maximum Gasteiger partial charge on any atom is 0.331 e. The third-order valence-corrected chi connectivity index (χ3v) is 11.8. The van der Waals surface area contributed by atoms with Gasteiger partial charge in [-0.05, 0) is 92.9 Å². The van der Waals surface area contributed by atoms with Gasteiger partial charge in [-0.1, -0.05) is 30.1 Å². The summed E-state index contributed by atoms with van der Waals surface area (Å²) in [4.78, 5) is 24.7. The predicted molar refractivity (Wildman–Crippen MR) is 150 cm³/mol. The Balaban J connectivity index is 1.32. The van der Waals surface area contributed by atoms with Crippen molar-refractivity contribution < 1.29 is 29.6 Å². The Bertz CT molecular complexity index is 1300. The topological polar surface area (TPSA) is 128 Å². The molecule has 6 rings (SSSR count). The van der Waals surface area contributed by atoms with Gasteiger partial charge < -0.3 is 20.1 Å². The molecular weight excluding hydrogens is 555 g/mol. The van der Waals surface area contributed by atoms with Gasteiger partial charge in [-0.25, -0.2) is 10.2 Å². The predicted octanol–water partition coefficient (Wildman–Crippen LogP) is 4.42. The van der Waals surface area contributed by atoms with Crippen LogP contribution in [0.4, 0.5) is 0 Å². The molecule has 1 aromatic carbocycles. The van der Waals surface area contributed by atoms with Gasteiger partial charge in [0.1, 0.15) is 6.61 Å². The number of esters is 1. The molecule has 40 heavy (non-hydrogen) atoms. The molecule has 5 aliphatic rings. The molecular formula is C30H36Cl2N2O6. The van der Waals surface area contributed by atoms with Crippen LogP contribution in [0.3, 0.4) is 0 Å². The molecule has 0 radical (unpaired) electrons. The number of halogens is 2. The minimum Gasteiger partial charge on any atom is -0.458 e. The van der Waals surface area contributed by atoms with E-state index in [4.69, 9.17) is 27.9 Å². The van der Waals surface area contributed by atoms with Gasteiger partial charge in [0.05, 0.1) is 27.9 Å². The summed E-state index contributed by atoms with van der Waals surface area (Å²) < 4.78 is 5.22. The van der Waals surface area contributed by atoms with Crippen molar-refractivity contribution in [2.45, 2.75) is 82.0 Å². The van der Waals surface area contributed by atoms with Crippen LogP contribution < -0.4 is 5.43 Å². The summed E-state index contributed by atoms with van der Waals surface area (Å²) >= 11 is 12.2. The lowest BCUT2D eigenvalue weighted by Gasteiger charge is -2.65. The average Bonchev–Trinajstić information content (AvgIpc) is 3.43. The number of hydrogen-bond donors (Lipinski definition) is 4. The fourth-order valence-electron chi connectivity index (χ4n) is 9.30. The molecule has 4 aliphatic carbocycles. The number of hydrazone groups is 1. The van der Waals surface area contributed by atoms with E-state index in [9.17, 15) is 24.9 Å². The smallest absolute Gasteiger partial charge is 0.331 e. The minimum atomic E-state index is -1.21. The highest BCUT2D eigenvalue weighted by molar-refractivity contribution is 6.36. The molecule has 0 saturated heterocycles. The lowest BCUT2D eigenvalue weighted by Crippen LogP contribution is -2.68. The van der Waals surface area contributed by atoms with Crippen molar-refractivity contribution in [1.82, 2.24) is 5.43 Å². The summed E-state index contributed by atoms with van der Waals surface area (Å²) in [6, 6.07) is 4.60. The first-order valence-electron chi connectivity index (χ1n) is 14.2. The van der Waals surface area contributed by atoms with E-state index in [0.717, 1.165) is 24.8 Å². The number of nitrogens with one attached hydrogen (secondary N) is 1. The number of amides is 1. The Morgan fingerprint density at radius 1 is 1.10 bits per heavy atom. The van der Waals surface area contributed by atoms with Gasteiger partial charge >= 0.3 is 5.97 Å². The van der Waals surface area contributed by atoms with Crippen LogP contribution in [-0.2, 0) is 9.53 Å². The summed E-state index contributed by atoms with van der Waals surface area (Å²) in [5.41, 5.74) is 0.345. The molecule has 4 fully saturated rings. The number of carbonyl (C=O) groups excluding carboxylic acids is 2. The molecule has 4 saturated carbocycles. The van der Waals surface area contributed by atoms with Crippen molar-refractivity contribution in [3.05, 3.63) is 45.5 Å². The molecule has 0 spiro atoms. The van der Waals surface area contributed by atoms with Crippen molar-refractivity contribution in [1.29, 1.82) is 0 Å². The van der Waals surface area contributed by atoms with Crippen LogP contribution in [0.1, 0.15) is 75.1 Å². The first kappa shape index (κ1) is 28.2. The maximum atomic E-state index is 12.9. The van der Waals surface area contributed by atoms with E-state index in [2.05, 4.69) is 17.5 Å². The van der Waals surface area contributed by atoms with Crippen molar-refractivity contribution in [2.24, 2.45) is 33.7 Å². The number of fused-ring (bicyclic) bond motifs is 5. The standard InChI is InChI=1S/C30H36Cl2N2O6/c1-27-8-5-22-23(30(27,39)11-7-21(27)17-12-25(36)40-15-17)6-10-29(38)14-19(35)4-9-28(22,29)16-33-34-26(37)20-3-2-18(31)13-24(20)32/h2-3,12-13,16,19,21-23,35,38-39H,4-11,14-15H2,1H3,(H,34,37)/b33-16-/t19-,21-,22+,23-,27-,28+,29+,30+/m1/s1. The maximum absolute atomic E-state index is 12.9. The van der Waals surface area contributed by atoms with Crippen molar-refractivity contribution in [2.75, 3.05) is 6.61 Å². The van der Waals surface area contributed by atoms with E-state index in [1.807, 2.05) is 0 Å². The number of rotatable bonds is 4. The zero-order valence-electron chi connectivity index (χ0n) is 22.5. The highest BCUT2D eigenvalue weighted by Gasteiger charge is 2.71. The van der Waals surface area contributed by atoms with E-state index < -0.39 is 34.0 Å². The second-order valence-electron chi connectivity index (χ2n) is 12.8. The van der Waals surface area contributed by atoms with Crippen LogP contribution in [0.15, 0.2) is 34.9 Å². The van der Waals surface area contributed by atoms with E-state index >= 15 is 0 Å². The summed E-state index contributed by atoms with van der Waals surface area (Å²) in [7, 11) is 0. The molecule has 0 unspecified atom stereocenters. The number of hydrogen-bond acceptors (Lipinski definition) is 7. The molecule has 1 aromatic rings. The van der Waals surface area contributed by atoms with E-state index in [1.54, 1.807) is 18.4 Å². The van der Waals surface area contributed by atoms with Gasteiger partial charge in [0.15, 0.2) is 0 Å². The molecule has 0 aromatic heterocycles. The second kappa shape index (κ2) is 9.80. The van der Waals surface area contributed by atoms with E-state index in [-0.39, 0.29) is 47.3 Å². The third-order valence-electron chi connectivity index (χ3n) is 11.3. The first-order valence-corrected chi connectivity index (χ1v) is 15.0. The molecule has 1 amide bonds. The van der Waals surface area contributed by atoms with E-state index in [0.29, 0.717) is 37.1 Å². The number of aliphatic hydroxyl groups is 3. The molecule has 1 aliphatic heterocycles. The zero-order chi connectivity index (χ0) is 28.5. The Morgan fingerprint density at radius 2 is 1.88 bits per heavy atom. The van der Waals surface area contributed by atoms with Crippen LogP contribution >= 0.6 is 23.2 Å². The van der Waals surface area contributed by atoms with Gasteiger partial charge in [0, 0.05) is 34.6 Å². The normalized spacial score (nSPS) is 42.5. The number of benzene rings is 1. The number of ether oxygens (including phenoxy) is 1. The summed E-state index contributed by atoms with van der Waals surface area (Å²) in [6.45, 7) is 2.43. The molecule has 4 N–H and O–H groups in total. The van der Waals surface area contributed by atoms with Crippen molar-refractivity contribution in [3.63, 3.8) is 0 Å². The minimum absolute atomic E-state index is 0.0620. The van der Waals surface area contributed by atoms with Crippen LogP contribution in [-0.4, -0.2) is 57.3 Å². The van der Waals surface area contributed by atoms with Crippen LogP contribution in [0.2, 0.25) is 10.0 Å². The molecule has 8 atom stereocenters. The second-order valence-corrected chi connectivity index (χ2v) is 13.7. The van der Waals surface area contributed by atoms with Gasteiger partial charge in [-0.3, -0.25) is 4.79 Å². The molecule has 216 valence electrons. The van der Waals surface area contributed by atoms with Crippen molar-refractivity contribution >= 4 is 41.3 Å². The SMILES string of the molecule is C[C@]12CC[C@H]3[C@@H](CC[C@]4(O)C[C@H](O)CC[C@]34/C=N\NC(=O)c3ccc(Cl)cc3Cl)[C@@]1(O)CC[C@@H]2C1=CC(=O)OC1. The average molecular weight is 592 g/mol. The Morgan fingerprint density at radius 3 is 2.60 bits per heavy atom. The third kappa shape index (κ3) is 4.09. The quantitative estimate of drug-likeness (QED) is 0.233. The fraction of sp³-hybridized carbons (Fsp3) is 0.633. The summed E-state index contributed by atoms with van der Waals surface area (Å²) in [5.74, 6) is -0.935. The summed E-state index contributed by atoms with van der Waals surface area (Å²) in [5, 5.41) is 40.2. The lowest BCUT2D eigenvalue weighted by atomic mass is 9.41. The van der Waals surface area contributed by atoms with Gasteiger partial charge in [0.25, 0.3) is 5.91 Å². The first-order chi connectivity index (χ1) is 18.9. The van der Waals surface area contributed by atoms with Gasteiger partial charge in [-0.15, -0.1) is 0 Å². The molecule has 10 heteroatoms. The van der Waals surface area contributed by atoms with Crippen LogP contribution in [0.25, 0.3) is 0 Å². The number of carbonyl (C=O) groups is 2. The Hall–Kier alpha value is -1.97. The molecule has 1 heterocycles. The summed E-state index contributed by atoms with van der Waals surface area (Å²) in [6.07, 6.45) is 7.80. The number of nitrogens with zero attached hydrogens (tertiary/aromatic N) is 1. The number of aliphatic hydroxyl groups excluding tert-OH is 1. The number of cyclic esters (lactones) is 1. The van der Waals surface area contributed by atoms with Crippen LogP contribution in [0, 0.1) is 28.6 Å². The highest BCUT2D eigenvalue weighted by atomic mass is 35.5. The molecule has 0 bridgehead atoms. The fourth-order valence-corrected chi connectivity index (χ4v) is 9.79. The largest absolute Gasteiger partial charge is 0.458 e. The van der Waals surface area contributed by atoms with Gasteiger partial charge in [0.2, 0.25) is 0 Å². The Labute approximate surface area is 243 Å². The van der Waals surface area contributed by atoms with Crippen molar-refractivity contribution in [3.8, 4) is 0 Å². The van der Waals surface area contributed by atoms with Gasteiger partial charge in [-0.2, -0.15) is 5.10 Å². The highest BCUT2D eigenvalue weighted by Crippen LogP contribution is 2.70. The van der Waals surface area contributed by atoms with E-state index in [1.165, 1.54) is 12.1 Å². The van der Waals surface area contributed by atoms with Crippen LogP contribution in [0.5, 0.6) is 0 Å². The Kier molecular flexibility index (Phi) is 6.90.